The lowest BCUT2D eigenvalue weighted by Crippen LogP contribution is -2.53. The molecule has 3 rings (SSSR count). The highest BCUT2D eigenvalue weighted by Gasteiger charge is 2.29. The van der Waals surface area contributed by atoms with Gasteiger partial charge in [0, 0.05) is 11.1 Å². The first-order valence-corrected chi connectivity index (χ1v) is 7.05. The Hall–Kier alpha value is -2.48. The maximum Gasteiger partial charge on any atom is 0.267 e. The van der Waals surface area contributed by atoms with Crippen molar-refractivity contribution in [1.29, 1.82) is 0 Å². The van der Waals surface area contributed by atoms with E-state index >= 15 is 0 Å². The second-order valence-corrected chi connectivity index (χ2v) is 5.78. The van der Waals surface area contributed by atoms with Crippen LogP contribution in [-0.2, 0) is 9.59 Å². The molecule has 8 heteroatoms. The molecule has 0 atom stereocenters. The minimum absolute atomic E-state index is 0.148. The Kier molecular flexibility index (Phi) is 3.09. The highest BCUT2D eigenvalue weighted by atomic mass is 32.1. The van der Waals surface area contributed by atoms with Crippen molar-refractivity contribution in [2.75, 3.05) is 18.8 Å². The number of carbonyl (C=O) groups is 3. The van der Waals surface area contributed by atoms with E-state index in [1.54, 1.807) is 0 Å². The highest BCUT2D eigenvalue weighted by Crippen LogP contribution is 2.33. The number of aryl methyl sites for hydroxylation is 1. The molecule has 1 fully saturated rings. The van der Waals surface area contributed by atoms with Crippen molar-refractivity contribution in [2.24, 2.45) is 0 Å². The number of nitrogens with two attached hydrogens (primary N) is 1. The van der Waals surface area contributed by atoms with Crippen molar-refractivity contribution < 1.29 is 14.4 Å². The molecule has 3 amide bonds. The van der Waals surface area contributed by atoms with Crippen LogP contribution in [0.1, 0.15) is 15.4 Å². The molecule has 0 bridgehead atoms. The maximum absolute atomic E-state index is 12.5. The Morgan fingerprint density at radius 1 is 1.33 bits per heavy atom. The van der Waals surface area contributed by atoms with Gasteiger partial charge in [0.2, 0.25) is 11.8 Å². The minimum Gasteiger partial charge on any atom is -0.397 e. The third kappa shape index (κ3) is 2.33. The molecule has 0 saturated carbocycles. The minimum atomic E-state index is -0.492. The van der Waals surface area contributed by atoms with Gasteiger partial charge in [-0.15, -0.1) is 11.3 Å². The van der Waals surface area contributed by atoms with E-state index < -0.39 is 17.7 Å². The number of nitrogens with zero attached hydrogens (tertiary/aromatic N) is 2. The van der Waals surface area contributed by atoms with Crippen LogP contribution in [0.15, 0.2) is 12.1 Å². The lowest BCUT2D eigenvalue weighted by atomic mass is 10.2. The summed E-state index contributed by atoms with van der Waals surface area (Å²) >= 11 is 1.17. The van der Waals surface area contributed by atoms with Crippen LogP contribution >= 0.6 is 11.3 Å². The number of thiophene rings is 1. The first kappa shape index (κ1) is 13.5. The number of amides is 3. The van der Waals surface area contributed by atoms with E-state index in [0.717, 1.165) is 5.69 Å². The zero-order valence-corrected chi connectivity index (χ0v) is 12.0. The predicted octanol–water partition coefficient (Wildman–Crippen LogP) is 0.286. The molecule has 1 aliphatic rings. The molecule has 0 unspecified atom stereocenters. The van der Waals surface area contributed by atoms with Crippen LogP contribution in [-0.4, -0.2) is 40.7 Å². The number of imide groups is 1. The van der Waals surface area contributed by atoms with Crippen LogP contribution in [0, 0.1) is 6.92 Å². The van der Waals surface area contributed by atoms with E-state index in [1.807, 2.05) is 19.1 Å². The van der Waals surface area contributed by atoms with E-state index in [-0.39, 0.29) is 13.1 Å². The van der Waals surface area contributed by atoms with Gasteiger partial charge in [0.05, 0.1) is 5.69 Å². The number of pyridine rings is 1. The fourth-order valence-corrected chi connectivity index (χ4v) is 3.28. The van der Waals surface area contributed by atoms with Crippen LogP contribution in [0.5, 0.6) is 0 Å². The Morgan fingerprint density at radius 2 is 2.00 bits per heavy atom. The molecule has 3 N–H and O–H groups in total. The summed E-state index contributed by atoms with van der Waals surface area (Å²) in [6.45, 7) is 1.56. The lowest BCUT2D eigenvalue weighted by Gasteiger charge is -2.25. The van der Waals surface area contributed by atoms with E-state index in [9.17, 15) is 14.4 Å². The number of piperazine rings is 1. The molecule has 3 heterocycles. The van der Waals surface area contributed by atoms with Crippen molar-refractivity contribution in [3.8, 4) is 0 Å². The molecule has 1 saturated heterocycles. The number of hydrogen-bond donors (Lipinski definition) is 2. The molecule has 7 nitrogen and oxygen atoms in total. The molecule has 108 valence electrons. The maximum atomic E-state index is 12.5. The van der Waals surface area contributed by atoms with Gasteiger partial charge >= 0.3 is 0 Å². The number of fused-ring (bicyclic) bond motifs is 1. The number of rotatable bonds is 1. The third-order valence-electron chi connectivity index (χ3n) is 3.16. The first-order chi connectivity index (χ1) is 9.95. The van der Waals surface area contributed by atoms with Gasteiger partial charge in [0.1, 0.15) is 22.8 Å². The number of anilines is 1. The molecule has 2 aromatic rings. The van der Waals surface area contributed by atoms with Crippen molar-refractivity contribution in [3.63, 3.8) is 0 Å². The molecule has 1 aliphatic heterocycles. The summed E-state index contributed by atoms with van der Waals surface area (Å²) in [6.07, 6.45) is 0. The molecule has 21 heavy (non-hydrogen) atoms. The van der Waals surface area contributed by atoms with Crippen LogP contribution in [0.25, 0.3) is 10.2 Å². The van der Waals surface area contributed by atoms with Crippen molar-refractivity contribution in [2.45, 2.75) is 6.92 Å². The van der Waals surface area contributed by atoms with Crippen LogP contribution in [0.3, 0.4) is 0 Å². The molecular formula is C13H12N4O3S. The average Bonchev–Trinajstić information content (AvgIpc) is 2.73. The van der Waals surface area contributed by atoms with Gasteiger partial charge in [-0.05, 0) is 19.1 Å². The largest absolute Gasteiger partial charge is 0.397 e. The quantitative estimate of drug-likeness (QED) is 0.736. The normalized spacial score (nSPS) is 15.4. The summed E-state index contributed by atoms with van der Waals surface area (Å²) in [5, 5.41) is 2.86. The summed E-state index contributed by atoms with van der Waals surface area (Å²) in [7, 11) is 0. The molecule has 0 radical (unpaired) electrons. The standard InChI is InChI=1S/C13H12N4O3S/c1-6-2-3-7-10(14)11(21-12(7)15-6)13(20)17-4-8(18)16-9(19)5-17/h2-3H,4-5,14H2,1H3,(H,16,18,19). The van der Waals surface area contributed by atoms with Gasteiger partial charge in [0.25, 0.3) is 5.91 Å². The van der Waals surface area contributed by atoms with Crippen molar-refractivity contribution >= 4 is 45.0 Å². The molecule has 0 spiro atoms. The zero-order chi connectivity index (χ0) is 15.1. The average molecular weight is 304 g/mol. The second kappa shape index (κ2) is 4.81. The number of hydrogen-bond acceptors (Lipinski definition) is 6. The second-order valence-electron chi connectivity index (χ2n) is 4.78. The fraction of sp³-hybridized carbons (Fsp3) is 0.231. The summed E-state index contributed by atoms with van der Waals surface area (Å²) in [5.74, 6) is -1.40. The number of nitrogens with one attached hydrogen (secondary N) is 1. The predicted molar refractivity (Wildman–Crippen MR) is 77.8 cm³/mol. The van der Waals surface area contributed by atoms with E-state index in [2.05, 4.69) is 10.3 Å². The molecular weight excluding hydrogens is 292 g/mol. The SMILES string of the molecule is Cc1ccc2c(N)c(C(=O)N3CC(=O)NC(=O)C3)sc2n1. The van der Waals surface area contributed by atoms with Crippen molar-refractivity contribution in [1.82, 2.24) is 15.2 Å². The third-order valence-corrected chi connectivity index (χ3v) is 4.27. The Labute approximate surface area is 123 Å². The molecule has 2 aromatic heterocycles. The number of carbonyl (C=O) groups excluding carboxylic acids is 3. The lowest BCUT2D eigenvalue weighted by molar-refractivity contribution is -0.135. The Morgan fingerprint density at radius 3 is 2.67 bits per heavy atom. The van der Waals surface area contributed by atoms with Gasteiger partial charge in [-0.2, -0.15) is 0 Å². The number of nitrogen functional groups attached to an aromatic ring is 1. The van der Waals surface area contributed by atoms with E-state index in [0.29, 0.717) is 20.8 Å². The fourth-order valence-electron chi connectivity index (χ4n) is 2.17. The zero-order valence-electron chi connectivity index (χ0n) is 11.2. The summed E-state index contributed by atoms with van der Waals surface area (Å²) in [5.41, 5.74) is 7.17. The van der Waals surface area contributed by atoms with Gasteiger partial charge in [-0.3, -0.25) is 19.7 Å². The van der Waals surface area contributed by atoms with E-state index in [4.69, 9.17) is 5.73 Å². The Bertz CT molecular complexity index is 767. The van der Waals surface area contributed by atoms with Gasteiger partial charge < -0.3 is 10.6 Å². The van der Waals surface area contributed by atoms with E-state index in [1.165, 1.54) is 16.2 Å². The summed E-state index contributed by atoms with van der Waals surface area (Å²) in [6, 6.07) is 3.63. The smallest absolute Gasteiger partial charge is 0.267 e. The van der Waals surface area contributed by atoms with Gasteiger partial charge in [-0.1, -0.05) is 0 Å². The van der Waals surface area contributed by atoms with Gasteiger partial charge in [0.15, 0.2) is 0 Å². The summed E-state index contributed by atoms with van der Waals surface area (Å²) < 4.78 is 0. The monoisotopic (exact) mass is 304 g/mol. The number of aromatic nitrogens is 1. The van der Waals surface area contributed by atoms with Crippen LogP contribution < -0.4 is 11.1 Å². The molecule has 0 aliphatic carbocycles. The Balaban J connectivity index is 1.99. The van der Waals surface area contributed by atoms with Crippen molar-refractivity contribution in [3.05, 3.63) is 22.7 Å². The summed E-state index contributed by atoms with van der Waals surface area (Å²) in [4.78, 5) is 41.7. The topological polar surface area (TPSA) is 105 Å². The van der Waals surface area contributed by atoms with Crippen LogP contribution in [0.4, 0.5) is 5.69 Å². The van der Waals surface area contributed by atoms with Gasteiger partial charge in [-0.25, -0.2) is 4.98 Å². The molecule has 0 aromatic carbocycles. The first-order valence-electron chi connectivity index (χ1n) is 6.23. The highest BCUT2D eigenvalue weighted by molar-refractivity contribution is 7.21. The van der Waals surface area contributed by atoms with Crippen LogP contribution in [0.2, 0.25) is 0 Å².